The number of nitrogens with one attached hydrogen (secondary N) is 5. The van der Waals surface area contributed by atoms with Crippen molar-refractivity contribution in [2.75, 3.05) is 80.2 Å². The van der Waals surface area contributed by atoms with Gasteiger partial charge in [-0.05, 0) is 363 Å². The number of thiol groups is 2. The van der Waals surface area contributed by atoms with Gasteiger partial charge < -0.3 is 46.0 Å². The van der Waals surface area contributed by atoms with Crippen molar-refractivity contribution in [3.05, 3.63) is 349 Å². The zero-order chi connectivity index (χ0) is 97.8. The molecule has 0 bridgehead atoms. The first-order valence-corrected chi connectivity index (χ1v) is 50.5. The Balaban J connectivity index is 0.000000205. The van der Waals surface area contributed by atoms with Gasteiger partial charge in [-0.25, -0.2) is 4.79 Å². The van der Waals surface area contributed by atoms with Gasteiger partial charge in [0.15, 0.2) is 8.59 Å². The Morgan fingerprint density at radius 2 is 0.662 bits per heavy atom. The molecule has 2 radical (unpaired) electrons. The summed E-state index contributed by atoms with van der Waals surface area (Å²) < 4.78 is 50.7. The van der Waals surface area contributed by atoms with Gasteiger partial charge in [-0.2, -0.15) is 8.78 Å². The quantitative estimate of drug-likeness (QED) is 0.0303. The number of methoxy groups -OCH3 is 1. The fraction of sp³-hybridized carbons (Fsp3) is 0.291. The van der Waals surface area contributed by atoms with Crippen LogP contribution in [0.3, 0.4) is 0 Å². The predicted octanol–water partition coefficient (Wildman–Crippen LogP) is 31.2. The van der Waals surface area contributed by atoms with E-state index in [9.17, 15) is 18.0 Å². The average molecular weight is 2330 g/mol. The largest absolute Gasteiger partial charge is 0.355 e. The fourth-order valence-electron chi connectivity index (χ4n) is 16.3. The van der Waals surface area contributed by atoms with Crippen LogP contribution in [0.5, 0.6) is 0 Å². The van der Waals surface area contributed by atoms with Crippen LogP contribution in [-0.4, -0.2) is 96.8 Å². The van der Waals surface area contributed by atoms with Gasteiger partial charge in [0.25, 0.3) is 0 Å². The number of aryl methyl sites for hydroxylation is 14. The molecule has 133 heavy (non-hydrogen) atoms. The van der Waals surface area contributed by atoms with Crippen molar-refractivity contribution < 1.29 is 24.1 Å². The van der Waals surface area contributed by atoms with Gasteiger partial charge >= 0.3 is 60.9 Å². The summed E-state index contributed by atoms with van der Waals surface area (Å²) in [5, 5.41) is 13.3. The third-order valence-corrected chi connectivity index (χ3v) is 25.1. The Morgan fingerprint density at radius 1 is 0.429 bits per heavy atom. The molecule has 0 amide bonds. The van der Waals surface area contributed by atoms with E-state index in [1.807, 2.05) is 0 Å². The number of hydrogen-bond acceptors (Lipinski definition) is 14. The molecule has 5 N–H and O–H groups in total. The summed E-state index contributed by atoms with van der Waals surface area (Å²) in [7, 11) is 19.1. The molecular weight excluding hydrogens is 2210 g/mol. The third-order valence-electron chi connectivity index (χ3n) is 22.6. The van der Waals surface area contributed by atoms with Crippen molar-refractivity contribution in [1.29, 1.82) is 0 Å². The Bertz CT molecular complexity index is 5370. The second-order valence-electron chi connectivity index (χ2n) is 31.1. The SMILES string of the molecule is Brc1ccc2c(c1)CCc1ccccc1N2.CN1c2ccccc2CCc2cc(I)ccc21.CN[C@@H]1CCCC[C@H]1NC.COC(=O)C(F)(F)Cl.Cc1ccc2c(c1)CCc1cc(Br)ccc1N2C.Cc1ccc2c(c1)CCc1ccccc1N2C.ClC(Cl)Cl.ClC(Cl)Cl.Ic1ccc2c(c1)CCc1ccccc1N2.[2H]CF.[B]=NS.[B]=NS.c1ccc2c(c1)CCc1ccccc1N2. The summed E-state index contributed by atoms with van der Waals surface area (Å²) in [6.07, 6.45) is 18.9. The van der Waals surface area contributed by atoms with Gasteiger partial charge in [-0.3, -0.25) is 4.39 Å². The molecular formula is C103H112B2Br2Cl7F3I2N10O2S2. The van der Waals surface area contributed by atoms with E-state index in [0.29, 0.717) is 12.1 Å². The zero-order valence-corrected chi connectivity index (χ0v) is 90.0. The minimum atomic E-state index is -3.88. The molecule has 0 unspecified atom stereocenters. The van der Waals surface area contributed by atoms with Crippen molar-refractivity contribution in [2.45, 2.75) is 143 Å². The van der Waals surface area contributed by atoms with Crippen LogP contribution in [-0.2, 0) is 86.6 Å². The number of fused-ring (bicyclic) bond motifs is 12. The van der Waals surface area contributed by atoms with Crippen molar-refractivity contribution in [2.24, 2.45) is 8.60 Å². The van der Waals surface area contributed by atoms with Crippen LogP contribution in [0.1, 0.15) is 105 Å². The number of esters is 1. The van der Waals surface area contributed by atoms with E-state index >= 15 is 0 Å². The molecule has 7 aliphatic rings. The van der Waals surface area contributed by atoms with Gasteiger partial charge in [-0.1, -0.05) is 259 Å². The summed E-state index contributed by atoms with van der Waals surface area (Å²) in [6, 6.07) is 92.8. The molecule has 12 nitrogen and oxygen atoms in total. The van der Waals surface area contributed by atoms with Gasteiger partial charge in [0.1, 0.15) is 0 Å². The van der Waals surface area contributed by atoms with Crippen LogP contribution in [0.25, 0.3) is 0 Å². The van der Waals surface area contributed by atoms with Gasteiger partial charge in [0.05, 0.1) is 15.6 Å². The zero-order valence-electron chi connectivity index (χ0n) is 76.5. The van der Waals surface area contributed by atoms with Crippen LogP contribution in [0.15, 0.2) is 272 Å². The van der Waals surface area contributed by atoms with E-state index < -0.39 is 27.1 Å². The summed E-state index contributed by atoms with van der Waals surface area (Å²) in [5.74, 6) is -1.74. The van der Waals surface area contributed by atoms with Gasteiger partial charge in [0, 0.05) is 118 Å². The van der Waals surface area contributed by atoms with E-state index in [-0.39, 0.29) is 0 Å². The number of likely N-dealkylation sites (N-methyl/N-ethyl adjacent to an activating group) is 2. The topological polar surface area (TPSA) is 121 Å². The number of para-hydroxylation sites is 6. The molecule has 1 aliphatic carbocycles. The Morgan fingerprint density at radius 3 is 1.00 bits per heavy atom. The number of ether oxygens (including phenoxy) is 1. The third kappa shape index (κ3) is 37.3. The molecule has 0 aromatic heterocycles. The molecule has 1 fully saturated rings. The Kier molecular flexibility index (Phi) is 50.7. The first-order valence-electron chi connectivity index (χ1n) is 43.6. The molecule has 12 aromatic rings. The number of halogens is 14. The first kappa shape index (κ1) is 112. The van der Waals surface area contributed by atoms with Crippen LogP contribution < -0.4 is 41.3 Å². The monoisotopic (exact) mass is 2320 g/mol. The predicted molar refractivity (Wildman–Crippen MR) is 597 cm³/mol. The molecule has 30 heteroatoms. The average Bonchev–Trinajstić information content (AvgIpc) is 1.69. The molecule has 702 valence electrons. The minimum absolute atomic E-state index is 0.707. The minimum Gasteiger partial charge on any atom is -0.355 e. The maximum Gasteiger partial charge on any atom is 0.0416 e. The Labute approximate surface area is 879 Å². The van der Waals surface area contributed by atoms with Crippen LogP contribution in [0.4, 0.5) is 81.4 Å². The fourth-order valence-corrected chi connectivity index (χ4v) is 18.4. The number of benzene rings is 12. The number of rotatable bonds is 3. The first-order chi connectivity index (χ1) is 64.3. The summed E-state index contributed by atoms with van der Waals surface area (Å²) >= 11 is 51.2. The molecule has 12 aromatic carbocycles. The van der Waals surface area contributed by atoms with Crippen molar-refractivity contribution in [3.8, 4) is 0 Å². The number of carbonyl (C=O) groups is 1. The normalized spacial score (nSPS) is 14.2. The number of nitrogens with zero attached hydrogens (tertiary/aromatic N) is 5. The van der Waals surface area contributed by atoms with E-state index in [1.54, 1.807) is 0 Å². The van der Waals surface area contributed by atoms with Crippen molar-refractivity contribution in [3.63, 3.8) is 0 Å². The number of carbonyl (C=O) groups excluding carboxylic acids is 1. The molecule has 6 heterocycles. The van der Waals surface area contributed by atoms with Crippen LogP contribution in [0, 0.1) is 21.0 Å². The molecule has 0 spiro atoms. The standard InChI is InChI=1S/C16H16BrN.C16H17N.C15H14IN.C14H12BrN.C14H12IN.C14H13N.C8H18N2.C3H3ClF2O2.2CHCl3.CH3F.2BHNS/c1-11-3-7-15-12(9-11)4-5-13-10-14(17)6-8-16(13)18(15)2;1-12-7-10-16-14(11-12)9-8-13-5-3-4-6-15(13)17(16)2;1-17-14-5-3-2-4-11(14)6-7-12-10-13(16)8-9-15(12)17;2*15-12-7-8-14-11(9-12)6-5-10-3-1-2-4-13(10)16-14;1-3-7-13-11(5-1)9-10-12-6-2-4-8-14(12)15-13;1-9-7-5-3-4-6-8(7)10-2;1-8-2(7)3(4,5)6;2*2-1(3)4;1-2;2*1-2-3/h3,6-10H,4-5H2,1-2H3;3-7,10-11H,8-9H2,1-2H3;2-5,8-10H,6-7H2,1H3;2*1-4,7-9,16H,5-6H2;1-8,15H,9-10H2;7-10H,3-6H2,1-2H3;1H3;2*1H;1H3;2*3H/t;;;;;;7-,8-;;;;;;/m......1....../s1/i;;;;;;;;;;1D;;. The summed E-state index contributed by atoms with van der Waals surface area (Å²) in [5.41, 5.74) is 35.3. The van der Waals surface area contributed by atoms with Gasteiger partial charge in [-0.15, -0.1) is 0 Å². The summed E-state index contributed by atoms with van der Waals surface area (Å²) in [6.45, 7) is 4.33. The van der Waals surface area contributed by atoms with E-state index in [0.717, 1.165) is 93.1 Å². The maximum absolute atomic E-state index is 11.4. The van der Waals surface area contributed by atoms with Crippen molar-refractivity contribution in [1.82, 2.24) is 10.6 Å². The number of alkyl halides is 10. The maximum atomic E-state index is 11.4. The molecule has 2 atom stereocenters. The summed E-state index contributed by atoms with van der Waals surface area (Å²) in [4.78, 5) is 16.7. The molecule has 1 saturated carbocycles. The number of anilines is 12. The van der Waals surface area contributed by atoms with Gasteiger partial charge in [0.2, 0.25) is 0 Å². The smallest absolute Gasteiger partial charge is 0.0416 e. The van der Waals surface area contributed by atoms with E-state index in [1.165, 1.54) is 179 Å². The molecule has 6 aliphatic heterocycles. The van der Waals surface area contributed by atoms with E-state index in [2.05, 4.69) is 488 Å². The van der Waals surface area contributed by atoms with Crippen LogP contribution in [0.2, 0.25) is 0 Å². The molecule has 0 saturated heterocycles. The van der Waals surface area contributed by atoms with Crippen LogP contribution >= 0.6 is 184 Å². The Hall–Kier alpha value is -6.50. The second-order valence-corrected chi connectivity index (χ2v) is 40.4. The number of hydrogen-bond donors (Lipinski definition) is 7. The second kappa shape index (κ2) is 60.4. The van der Waals surface area contributed by atoms with Crippen molar-refractivity contribution >= 4 is 273 Å². The molecule has 19 rings (SSSR count). The van der Waals surface area contributed by atoms with E-state index in [4.69, 9.17) is 71.0 Å².